The summed E-state index contributed by atoms with van der Waals surface area (Å²) >= 11 is 0. The molecule has 0 aromatic carbocycles. The lowest BCUT2D eigenvalue weighted by atomic mass is 10.1. The summed E-state index contributed by atoms with van der Waals surface area (Å²) in [5.74, 6) is -1.24. The number of rotatable bonds is 7. The molecule has 0 spiro atoms. The standard InChI is InChI=1S/C10H17F3.CH2O3/c1-2-3-4-5-6-7-8-9(11)10(12)13;2-1(3)4/h2-8H2,1H3;(H2,2,3,4). The van der Waals surface area contributed by atoms with Crippen LogP contribution < -0.4 is 0 Å². The Bertz CT molecular complexity index is 222. The molecule has 0 aliphatic rings. The van der Waals surface area contributed by atoms with Gasteiger partial charge in [-0.1, -0.05) is 39.0 Å². The highest BCUT2D eigenvalue weighted by atomic mass is 19.3. The number of allylic oxidation sites excluding steroid dienone is 1. The molecule has 0 aliphatic carbocycles. The van der Waals surface area contributed by atoms with E-state index in [2.05, 4.69) is 6.92 Å². The Kier molecular flexibility index (Phi) is 13.8. The zero-order valence-corrected chi connectivity index (χ0v) is 9.89. The average Bonchev–Trinajstić information content (AvgIpc) is 2.21. The summed E-state index contributed by atoms with van der Waals surface area (Å²) in [5, 5.41) is 13.9. The fraction of sp³-hybridized carbons (Fsp3) is 0.727. The minimum absolute atomic E-state index is 0.103. The number of carbonyl (C=O) groups is 1. The second-order valence-electron chi connectivity index (χ2n) is 3.47. The Morgan fingerprint density at radius 1 is 0.941 bits per heavy atom. The zero-order chi connectivity index (χ0) is 13.7. The van der Waals surface area contributed by atoms with Crippen molar-refractivity contribution in [1.82, 2.24) is 0 Å². The van der Waals surface area contributed by atoms with Crippen molar-refractivity contribution in [3.8, 4) is 0 Å². The SMILES string of the molecule is CCCCCCCCC(F)=C(F)F.O=C(O)O. The maximum atomic E-state index is 12.2. The predicted molar refractivity (Wildman–Crippen MR) is 59.0 cm³/mol. The van der Waals surface area contributed by atoms with E-state index in [0.717, 1.165) is 25.7 Å². The molecule has 0 saturated carbocycles. The van der Waals surface area contributed by atoms with Crippen molar-refractivity contribution in [1.29, 1.82) is 0 Å². The van der Waals surface area contributed by atoms with Crippen LogP contribution in [0.5, 0.6) is 0 Å². The van der Waals surface area contributed by atoms with Gasteiger partial charge in [-0.2, -0.15) is 8.78 Å². The molecule has 0 saturated heterocycles. The van der Waals surface area contributed by atoms with Crippen molar-refractivity contribution in [2.75, 3.05) is 0 Å². The van der Waals surface area contributed by atoms with Gasteiger partial charge in [-0.3, -0.25) is 0 Å². The van der Waals surface area contributed by atoms with Gasteiger partial charge in [0.05, 0.1) is 0 Å². The lowest BCUT2D eigenvalue weighted by Crippen LogP contribution is -1.81. The first-order valence-electron chi connectivity index (χ1n) is 5.53. The molecule has 2 N–H and O–H groups in total. The molecule has 102 valence electrons. The largest absolute Gasteiger partial charge is 0.503 e. The molecule has 0 rings (SSSR count). The Balaban J connectivity index is 0. The molecule has 17 heavy (non-hydrogen) atoms. The van der Waals surface area contributed by atoms with Crippen molar-refractivity contribution in [3.05, 3.63) is 11.9 Å². The van der Waals surface area contributed by atoms with Crippen LogP contribution in [0.25, 0.3) is 0 Å². The molecule has 0 aliphatic heterocycles. The van der Waals surface area contributed by atoms with Crippen LogP contribution in [-0.2, 0) is 0 Å². The highest BCUT2D eigenvalue weighted by molar-refractivity contribution is 5.53. The van der Waals surface area contributed by atoms with Crippen molar-refractivity contribution >= 4 is 6.16 Å². The quantitative estimate of drug-likeness (QED) is 0.627. The Labute approximate surface area is 99.0 Å². The lowest BCUT2D eigenvalue weighted by molar-refractivity contribution is 0.137. The summed E-state index contributed by atoms with van der Waals surface area (Å²) in [4.78, 5) is 8.56. The van der Waals surface area contributed by atoms with Gasteiger partial charge in [-0.05, 0) is 6.42 Å². The molecule has 0 unspecified atom stereocenters. The van der Waals surface area contributed by atoms with Gasteiger partial charge in [0.25, 0.3) is 0 Å². The highest BCUT2D eigenvalue weighted by Gasteiger charge is 2.03. The Morgan fingerprint density at radius 3 is 1.76 bits per heavy atom. The number of carboxylic acid groups (broad SMARTS) is 2. The van der Waals surface area contributed by atoms with Crippen LogP contribution in [-0.4, -0.2) is 16.4 Å². The third-order valence-electron chi connectivity index (χ3n) is 1.95. The van der Waals surface area contributed by atoms with Crippen LogP contribution in [0.4, 0.5) is 18.0 Å². The topological polar surface area (TPSA) is 57.5 Å². The second-order valence-corrected chi connectivity index (χ2v) is 3.47. The van der Waals surface area contributed by atoms with E-state index in [4.69, 9.17) is 15.0 Å². The Morgan fingerprint density at radius 2 is 1.35 bits per heavy atom. The first-order chi connectivity index (χ1) is 7.91. The maximum absolute atomic E-state index is 12.2. The van der Waals surface area contributed by atoms with Crippen molar-refractivity contribution in [3.63, 3.8) is 0 Å². The summed E-state index contributed by atoms with van der Waals surface area (Å²) in [6.07, 6.45) is 1.77. The van der Waals surface area contributed by atoms with E-state index in [1.165, 1.54) is 6.42 Å². The number of unbranched alkanes of at least 4 members (excludes halogenated alkanes) is 5. The summed E-state index contributed by atoms with van der Waals surface area (Å²) in [7, 11) is 0. The molecule has 0 atom stereocenters. The molecule has 0 bridgehead atoms. The van der Waals surface area contributed by atoms with E-state index in [-0.39, 0.29) is 6.42 Å². The van der Waals surface area contributed by atoms with Crippen LogP contribution in [0, 0.1) is 0 Å². The van der Waals surface area contributed by atoms with Crippen molar-refractivity contribution < 1.29 is 28.2 Å². The monoisotopic (exact) mass is 256 g/mol. The third-order valence-corrected chi connectivity index (χ3v) is 1.95. The van der Waals surface area contributed by atoms with Crippen molar-refractivity contribution in [2.45, 2.75) is 51.9 Å². The third kappa shape index (κ3) is 20.8. The summed E-state index contributed by atoms with van der Waals surface area (Å²) in [5.41, 5.74) is 0. The van der Waals surface area contributed by atoms with Gasteiger partial charge < -0.3 is 10.2 Å². The zero-order valence-electron chi connectivity index (χ0n) is 9.89. The summed E-state index contributed by atoms with van der Waals surface area (Å²) in [6, 6.07) is 0. The van der Waals surface area contributed by atoms with E-state index >= 15 is 0 Å². The molecule has 6 heteroatoms. The van der Waals surface area contributed by atoms with E-state index in [1.807, 2.05) is 0 Å². The van der Waals surface area contributed by atoms with Crippen LogP contribution >= 0.6 is 0 Å². The van der Waals surface area contributed by atoms with Gasteiger partial charge in [0, 0.05) is 6.42 Å². The fourth-order valence-corrected chi connectivity index (χ4v) is 1.16. The molecule has 0 radical (unpaired) electrons. The molecule has 3 nitrogen and oxygen atoms in total. The maximum Gasteiger partial charge on any atom is 0.503 e. The normalized spacial score (nSPS) is 9.18. The smallest absolute Gasteiger partial charge is 0.450 e. The van der Waals surface area contributed by atoms with Gasteiger partial charge in [0.15, 0.2) is 5.83 Å². The predicted octanol–water partition coefficient (Wildman–Crippen LogP) is 5.04. The minimum atomic E-state index is -2.16. The van der Waals surface area contributed by atoms with Crippen molar-refractivity contribution in [2.24, 2.45) is 0 Å². The lowest BCUT2D eigenvalue weighted by Gasteiger charge is -1.98. The molecule has 0 aromatic rings. The van der Waals surface area contributed by atoms with Crippen LogP contribution in [0.2, 0.25) is 0 Å². The minimum Gasteiger partial charge on any atom is -0.450 e. The van der Waals surface area contributed by atoms with Gasteiger partial charge in [-0.25, -0.2) is 9.18 Å². The van der Waals surface area contributed by atoms with Crippen LogP contribution in [0.15, 0.2) is 11.9 Å². The van der Waals surface area contributed by atoms with Crippen LogP contribution in [0.3, 0.4) is 0 Å². The number of hydrogen-bond acceptors (Lipinski definition) is 1. The molecule has 0 aromatic heterocycles. The molecule has 0 fully saturated rings. The van der Waals surface area contributed by atoms with Gasteiger partial charge >= 0.3 is 12.2 Å². The first kappa shape index (κ1) is 18.2. The van der Waals surface area contributed by atoms with Gasteiger partial charge in [0.1, 0.15) is 0 Å². The fourth-order valence-electron chi connectivity index (χ4n) is 1.16. The molecule has 0 heterocycles. The summed E-state index contributed by atoms with van der Waals surface area (Å²) < 4.78 is 35.4. The van der Waals surface area contributed by atoms with E-state index < -0.39 is 18.1 Å². The summed E-state index contributed by atoms with van der Waals surface area (Å²) in [6.45, 7) is 2.11. The second kappa shape index (κ2) is 12.9. The van der Waals surface area contributed by atoms with Crippen LogP contribution in [0.1, 0.15) is 51.9 Å². The number of hydrogen-bond donors (Lipinski definition) is 2. The molecular formula is C11H19F3O3. The van der Waals surface area contributed by atoms with Gasteiger partial charge in [-0.15, -0.1) is 0 Å². The van der Waals surface area contributed by atoms with E-state index in [1.54, 1.807) is 0 Å². The average molecular weight is 256 g/mol. The molecule has 0 amide bonds. The molecular weight excluding hydrogens is 237 g/mol. The van der Waals surface area contributed by atoms with Gasteiger partial charge in [0.2, 0.25) is 0 Å². The first-order valence-corrected chi connectivity index (χ1v) is 5.53. The highest BCUT2D eigenvalue weighted by Crippen LogP contribution is 2.17. The number of halogens is 3. The van der Waals surface area contributed by atoms with E-state index in [0.29, 0.717) is 6.42 Å². The van der Waals surface area contributed by atoms with E-state index in [9.17, 15) is 13.2 Å². The Hall–Kier alpha value is -1.20.